The molecule has 2 saturated heterocycles. The van der Waals surface area contributed by atoms with Crippen LogP contribution in [-0.2, 0) is 4.74 Å². The Morgan fingerprint density at radius 3 is 2.92 bits per heavy atom. The van der Waals surface area contributed by atoms with Crippen LogP contribution in [0.4, 0.5) is 0 Å². The van der Waals surface area contributed by atoms with Crippen molar-refractivity contribution in [1.29, 1.82) is 0 Å². The normalized spacial score (nSPS) is 35.0. The first kappa shape index (κ1) is 9.89. The summed E-state index contributed by atoms with van der Waals surface area (Å²) in [5.74, 6) is 1.35. The van der Waals surface area contributed by atoms with E-state index in [0.717, 1.165) is 53.2 Å². The summed E-state index contributed by atoms with van der Waals surface area (Å²) < 4.78 is 5.70. The molecule has 0 aliphatic carbocycles. The monoisotopic (exact) mass is 318 g/mol. The maximum atomic E-state index is 5.70. The van der Waals surface area contributed by atoms with Crippen LogP contribution in [-0.4, -0.2) is 54.1 Å². The number of hydrogen-bond donors (Lipinski definition) is 0. The molecular weight excluding hydrogens is 302 g/mol. The maximum absolute atomic E-state index is 5.70. The quantitative estimate of drug-likeness (QED) is 0.575. The Hall–Kier alpha value is 1.35. The molecule has 2 unspecified atom stereocenters. The van der Waals surface area contributed by atoms with Crippen LogP contribution in [0, 0.1) is 0 Å². The molecule has 0 amide bonds. The van der Waals surface area contributed by atoms with Gasteiger partial charge in [-0.05, 0) is 0 Å². The molecule has 2 atom stereocenters. The SMILES string of the molecule is C1C[Se]C(COCC2CS2)C[Se]1. The van der Waals surface area contributed by atoms with Gasteiger partial charge in [-0.25, -0.2) is 0 Å². The van der Waals surface area contributed by atoms with Crippen LogP contribution in [0.5, 0.6) is 0 Å². The minimum absolute atomic E-state index is 0.867. The van der Waals surface area contributed by atoms with Gasteiger partial charge in [0, 0.05) is 0 Å². The van der Waals surface area contributed by atoms with Gasteiger partial charge in [0.1, 0.15) is 0 Å². The molecule has 1 nitrogen and oxygen atoms in total. The first-order valence-corrected chi connectivity index (χ1v) is 10.0. The molecule has 0 aromatic rings. The second-order valence-electron chi connectivity index (χ2n) is 3.06. The fraction of sp³-hybridized carbons (Fsp3) is 1.00. The van der Waals surface area contributed by atoms with Gasteiger partial charge in [-0.2, -0.15) is 0 Å². The standard InChI is InChI=1S/C8H14OSSe2/c1-2-12-8(6-11-1)4-9-3-7-5-10-7/h7-8H,1-6H2. The van der Waals surface area contributed by atoms with Crippen molar-refractivity contribution in [1.82, 2.24) is 0 Å². The Bertz CT molecular complexity index is 135. The Morgan fingerprint density at radius 1 is 1.33 bits per heavy atom. The first-order valence-electron chi connectivity index (χ1n) is 4.34. The fourth-order valence-corrected chi connectivity index (χ4v) is 8.84. The predicted octanol–water partition coefficient (Wildman–Crippen LogP) is 1.58. The summed E-state index contributed by atoms with van der Waals surface area (Å²) in [5, 5.41) is 5.44. The predicted molar refractivity (Wildman–Crippen MR) is 56.7 cm³/mol. The van der Waals surface area contributed by atoms with Crippen LogP contribution in [0.1, 0.15) is 0 Å². The van der Waals surface area contributed by atoms with Crippen LogP contribution in [0.2, 0.25) is 20.8 Å². The summed E-state index contributed by atoms with van der Waals surface area (Å²) >= 11 is 3.91. The van der Waals surface area contributed by atoms with E-state index in [9.17, 15) is 0 Å². The Morgan fingerprint density at radius 2 is 2.25 bits per heavy atom. The van der Waals surface area contributed by atoms with Crippen molar-refractivity contribution in [3.8, 4) is 0 Å². The van der Waals surface area contributed by atoms with Crippen LogP contribution in [0.3, 0.4) is 0 Å². The third-order valence-electron chi connectivity index (χ3n) is 1.89. The molecule has 0 N–H and O–H groups in total. The average molecular weight is 316 g/mol. The second-order valence-corrected chi connectivity index (χ2v) is 9.76. The van der Waals surface area contributed by atoms with Crippen molar-refractivity contribution in [3.63, 3.8) is 0 Å². The molecule has 2 aliphatic rings. The third kappa shape index (κ3) is 3.61. The van der Waals surface area contributed by atoms with E-state index in [0.29, 0.717) is 0 Å². The van der Waals surface area contributed by atoms with Crippen molar-refractivity contribution >= 4 is 41.7 Å². The summed E-state index contributed by atoms with van der Waals surface area (Å²) in [6, 6.07) is 0. The van der Waals surface area contributed by atoms with Gasteiger partial charge in [-0.15, -0.1) is 0 Å². The molecule has 70 valence electrons. The molecule has 2 aliphatic heterocycles. The van der Waals surface area contributed by atoms with E-state index >= 15 is 0 Å². The fourth-order valence-electron chi connectivity index (χ4n) is 1.13. The molecule has 12 heavy (non-hydrogen) atoms. The molecule has 0 bridgehead atoms. The van der Waals surface area contributed by atoms with Crippen LogP contribution >= 0.6 is 11.8 Å². The third-order valence-corrected chi connectivity index (χ3v) is 10.1. The van der Waals surface area contributed by atoms with Crippen molar-refractivity contribution in [3.05, 3.63) is 0 Å². The number of ether oxygens (including phenoxy) is 1. The number of rotatable bonds is 4. The molecule has 0 radical (unpaired) electrons. The van der Waals surface area contributed by atoms with Gasteiger partial charge in [-0.1, -0.05) is 0 Å². The zero-order valence-electron chi connectivity index (χ0n) is 7.03. The van der Waals surface area contributed by atoms with E-state index in [1.807, 2.05) is 11.8 Å². The van der Waals surface area contributed by atoms with E-state index in [1.54, 1.807) is 5.32 Å². The van der Waals surface area contributed by atoms with Gasteiger partial charge < -0.3 is 0 Å². The molecule has 0 aromatic heterocycles. The Balaban J connectivity index is 1.52. The van der Waals surface area contributed by atoms with Crippen molar-refractivity contribution < 1.29 is 4.74 Å². The zero-order chi connectivity index (χ0) is 8.23. The zero-order valence-corrected chi connectivity index (χ0v) is 11.3. The van der Waals surface area contributed by atoms with Crippen LogP contribution in [0.25, 0.3) is 0 Å². The van der Waals surface area contributed by atoms with Crippen molar-refractivity contribution in [2.75, 3.05) is 19.0 Å². The van der Waals surface area contributed by atoms with E-state index < -0.39 is 0 Å². The van der Waals surface area contributed by atoms with E-state index in [1.165, 1.54) is 16.4 Å². The molecular formula is C8H14OSSe2. The topological polar surface area (TPSA) is 9.23 Å². The Kier molecular flexibility index (Phi) is 4.35. The van der Waals surface area contributed by atoms with E-state index in [4.69, 9.17) is 4.74 Å². The van der Waals surface area contributed by atoms with E-state index in [-0.39, 0.29) is 0 Å². The summed E-state index contributed by atoms with van der Waals surface area (Å²) in [5.41, 5.74) is 0. The van der Waals surface area contributed by atoms with E-state index in [2.05, 4.69) is 0 Å². The number of thioether (sulfide) groups is 1. The van der Waals surface area contributed by atoms with Gasteiger partial charge in [-0.3, -0.25) is 0 Å². The first-order chi connectivity index (χ1) is 5.95. The molecule has 2 fully saturated rings. The summed E-state index contributed by atoms with van der Waals surface area (Å²) in [6.07, 6.45) is 0. The van der Waals surface area contributed by atoms with Gasteiger partial charge in [0.15, 0.2) is 0 Å². The summed E-state index contributed by atoms with van der Waals surface area (Å²) in [7, 11) is 0. The average Bonchev–Trinajstić information content (AvgIpc) is 2.90. The number of hydrogen-bond acceptors (Lipinski definition) is 2. The molecule has 0 spiro atoms. The molecule has 0 saturated carbocycles. The Labute approximate surface area is 91.1 Å². The molecule has 0 aromatic carbocycles. The summed E-state index contributed by atoms with van der Waals surface area (Å²) in [4.78, 5) is 0.981. The minimum atomic E-state index is 0.867. The van der Waals surface area contributed by atoms with Gasteiger partial charge in [0.2, 0.25) is 0 Å². The van der Waals surface area contributed by atoms with Crippen molar-refractivity contribution in [2.45, 2.75) is 26.0 Å². The van der Waals surface area contributed by atoms with Crippen LogP contribution in [0.15, 0.2) is 0 Å². The molecule has 2 heterocycles. The molecule has 4 heteroatoms. The molecule has 2 rings (SSSR count). The van der Waals surface area contributed by atoms with Gasteiger partial charge in [0.05, 0.1) is 0 Å². The summed E-state index contributed by atoms with van der Waals surface area (Å²) in [6.45, 7) is 2.11. The second kappa shape index (κ2) is 5.28. The van der Waals surface area contributed by atoms with Gasteiger partial charge >= 0.3 is 91.4 Å². The van der Waals surface area contributed by atoms with Gasteiger partial charge in [0.25, 0.3) is 0 Å². The van der Waals surface area contributed by atoms with Crippen molar-refractivity contribution in [2.24, 2.45) is 0 Å². The van der Waals surface area contributed by atoms with Crippen LogP contribution < -0.4 is 0 Å².